The lowest BCUT2D eigenvalue weighted by Gasteiger charge is -2.38. The minimum absolute atomic E-state index is 0.274. The average molecular weight is 317 g/mol. The van der Waals surface area contributed by atoms with Gasteiger partial charge in [0.05, 0.1) is 4.91 Å². The van der Waals surface area contributed by atoms with E-state index in [4.69, 9.17) is 0 Å². The van der Waals surface area contributed by atoms with Crippen LogP contribution in [0.2, 0.25) is 0 Å². The van der Waals surface area contributed by atoms with Crippen LogP contribution in [0.3, 0.4) is 0 Å². The Balaban J connectivity index is 1.50. The highest BCUT2D eigenvalue weighted by Gasteiger charge is 2.43. The van der Waals surface area contributed by atoms with Crippen molar-refractivity contribution in [1.29, 1.82) is 0 Å². The van der Waals surface area contributed by atoms with Crippen molar-refractivity contribution in [2.75, 3.05) is 23.3 Å². The van der Waals surface area contributed by atoms with Crippen LogP contribution in [0.4, 0.5) is 15.3 Å². The van der Waals surface area contributed by atoms with Gasteiger partial charge in [0.1, 0.15) is 0 Å². The molecule has 2 bridgehead atoms. The Kier molecular flexibility index (Phi) is 3.48. The minimum Gasteiger partial charge on any atom is -0.364 e. The van der Waals surface area contributed by atoms with E-state index in [0.29, 0.717) is 23.7 Å². The van der Waals surface area contributed by atoms with Crippen molar-refractivity contribution in [1.82, 2.24) is 15.2 Å². The molecule has 0 spiro atoms. The normalized spacial score (nSPS) is 27.1. The zero-order valence-electron chi connectivity index (χ0n) is 12.4. The van der Waals surface area contributed by atoms with E-state index in [2.05, 4.69) is 25.4 Å². The molecule has 2 aliphatic rings. The number of piperidine rings is 1. The Hall–Kier alpha value is -1.70. The van der Waals surface area contributed by atoms with Gasteiger partial charge in [0.25, 0.3) is 0 Å². The molecule has 1 saturated carbocycles. The summed E-state index contributed by atoms with van der Waals surface area (Å²) in [5, 5.41) is 12.7. The molecule has 2 fully saturated rings. The van der Waals surface area contributed by atoms with Crippen molar-refractivity contribution >= 4 is 35.0 Å². The third kappa shape index (κ3) is 2.45. The fourth-order valence-corrected chi connectivity index (χ4v) is 4.38. The van der Waals surface area contributed by atoms with Gasteiger partial charge in [0, 0.05) is 25.3 Å². The highest BCUT2D eigenvalue weighted by Crippen LogP contribution is 2.40. The Bertz CT molecular complexity index is 667. The van der Waals surface area contributed by atoms with Crippen molar-refractivity contribution in [2.24, 2.45) is 11.8 Å². The summed E-state index contributed by atoms with van der Waals surface area (Å²) in [5.74, 6) is 1.11. The average Bonchev–Trinajstić information content (AvgIpc) is 3.02. The molecule has 8 heteroatoms. The highest BCUT2D eigenvalue weighted by atomic mass is 32.1. The molecule has 5 nitrogen and oxygen atoms in total. The molecule has 3 heterocycles. The van der Waals surface area contributed by atoms with Gasteiger partial charge in [-0.3, -0.25) is 0 Å². The second-order valence-corrected chi connectivity index (χ2v) is 7.27. The molecule has 1 N–H and O–H groups in total. The van der Waals surface area contributed by atoms with E-state index in [-0.39, 0.29) is 5.82 Å². The first-order valence-electron chi connectivity index (χ1n) is 7.63. The van der Waals surface area contributed by atoms with Crippen LogP contribution < -0.4 is 15.1 Å². The van der Waals surface area contributed by atoms with Crippen LogP contribution in [0, 0.1) is 17.7 Å². The molecular formula is C14H17BFN5S. The van der Waals surface area contributed by atoms with Crippen molar-refractivity contribution in [3.63, 3.8) is 0 Å². The molecule has 1 aliphatic carbocycles. The molecule has 2 aromatic heterocycles. The zero-order chi connectivity index (χ0) is 15.1. The van der Waals surface area contributed by atoms with E-state index in [1.165, 1.54) is 18.9 Å². The van der Waals surface area contributed by atoms with Gasteiger partial charge < -0.3 is 10.2 Å². The van der Waals surface area contributed by atoms with Crippen molar-refractivity contribution < 1.29 is 4.39 Å². The molecule has 114 valence electrons. The maximum absolute atomic E-state index is 13.8. The Labute approximate surface area is 133 Å². The molecule has 2 unspecified atom stereocenters. The van der Waals surface area contributed by atoms with Crippen LogP contribution in [0.1, 0.15) is 12.8 Å². The lowest BCUT2D eigenvalue weighted by Crippen LogP contribution is -2.48. The molecule has 0 radical (unpaired) electrons. The fourth-order valence-electron chi connectivity index (χ4n) is 3.68. The van der Waals surface area contributed by atoms with Gasteiger partial charge in [-0.1, -0.05) is 11.3 Å². The van der Waals surface area contributed by atoms with Gasteiger partial charge in [-0.05, 0) is 36.8 Å². The fraction of sp³-hybridized carbons (Fsp3) is 0.500. The van der Waals surface area contributed by atoms with Crippen molar-refractivity contribution in [3.8, 4) is 0 Å². The number of anilines is 2. The maximum Gasteiger partial charge on any atom is 0.207 e. The molecule has 1 aliphatic heterocycles. The number of aromatic nitrogens is 3. The number of hydrogen-bond acceptors (Lipinski definition) is 6. The summed E-state index contributed by atoms with van der Waals surface area (Å²) in [7, 11) is 1.98. The molecule has 4 rings (SSSR count). The van der Waals surface area contributed by atoms with Gasteiger partial charge in [-0.25, -0.2) is 9.37 Å². The maximum atomic E-state index is 13.8. The van der Waals surface area contributed by atoms with E-state index >= 15 is 0 Å². The second-order valence-electron chi connectivity index (χ2n) is 6.11. The van der Waals surface area contributed by atoms with E-state index in [9.17, 15) is 4.39 Å². The highest BCUT2D eigenvalue weighted by molar-refractivity contribution is 7.22. The molecule has 2 aromatic rings. The third-order valence-corrected chi connectivity index (χ3v) is 5.58. The quantitative estimate of drug-likeness (QED) is 0.843. The number of rotatable bonds is 3. The Morgan fingerprint density at radius 1 is 1.27 bits per heavy atom. The summed E-state index contributed by atoms with van der Waals surface area (Å²) < 4.78 is 13.8. The van der Waals surface area contributed by atoms with Crippen LogP contribution in [0.15, 0.2) is 18.3 Å². The summed E-state index contributed by atoms with van der Waals surface area (Å²) >= 11 is 1.64. The largest absolute Gasteiger partial charge is 0.364 e. The number of fused-ring (bicyclic) bond motifs is 2. The number of pyridine rings is 1. The predicted octanol–water partition coefficient (Wildman–Crippen LogP) is 0.657. The van der Waals surface area contributed by atoms with E-state index < -0.39 is 0 Å². The molecule has 22 heavy (non-hydrogen) atoms. The van der Waals surface area contributed by atoms with Gasteiger partial charge >= 0.3 is 0 Å². The van der Waals surface area contributed by atoms with Crippen molar-refractivity contribution in [2.45, 2.75) is 18.9 Å². The van der Waals surface area contributed by atoms with E-state index in [1.54, 1.807) is 23.6 Å². The van der Waals surface area contributed by atoms with Gasteiger partial charge in [-0.2, -0.15) is 5.10 Å². The smallest absolute Gasteiger partial charge is 0.207 e. The molecule has 2 atom stereocenters. The van der Waals surface area contributed by atoms with E-state index in [1.807, 2.05) is 7.85 Å². The van der Waals surface area contributed by atoms with Crippen LogP contribution in [0.25, 0.3) is 0 Å². The van der Waals surface area contributed by atoms with E-state index in [0.717, 1.165) is 23.1 Å². The summed E-state index contributed by atoms with van der Waals surface area (Å²) in [6.07, 6.45) is 3.97. The number of hydrogen-bond donors (Lipinski definition) is 1. The molecular weight excluding hydrogens is 300 g/mol. The first-order chi connectivity index (χ1) is 10.7. The van der Waals surface area contributed by atoms with Crippen LogP contribution in [-0.4, -0.2) is 42.2 Å². The number of halogens is 1. The summed E-state index contributed by atoms with van der Waals surface area (Å²) in [6, 6.07) is 3.38. The SMILES string of the molecule is Bc1nnc(N2CC3CCC(C2)C3Nc2ncccc2F)s1. The summed E-state index contributed by atoms with van der Waals surface area (Å²) in [6.45, 7) is 1.91. The van der Waals surface area contributed by atoms with Crippen LogP contribution >= 0.6 is 11.3 Å². The van der Waals surface area contributed by atoms with Crippen LogP contribution in [-0.2, 0) is 0 Å². The third-order valence-electron chi connectivity index (χ3n) is 4.68. The number of nitrogens with one attached hydrogen (secondary N) is 1. The summed E-state index contributed by atoms with van der Waals surface area (Å²) in [5.41, 5.74) is 0. The monoisotopic (exact) mass is 317 g/mol. The topological polar surface area (TPSA) is 53.9 Å². The number of nitrogens with zero attached hydrogens (tertiary/aromatic N) is 4. The Morgan fingerprint density at radius 3 is 2.68 bits per heavy atom. The molecule has 1 saturated heterocycles. The lowest BCUT2D eigenvalue weighted by atomic mass is 9.92. The first kappa shape index (κ1) is 13.9. The van der Waals surface area contributed by atoms with Crippen molar-refractivity contribution in [3.05, 3.63) is 24.1 Å². The standard InChI is InChI=1S/C14H17BFN5S/c15-13-19-20-14(22-13)21-6-8-3-4-9(7-21)11(8)18-12-10(16)2-1-5-17-12/h1-2,5,8-9,11H,3-4,6-7,15H2,(H,17,18). The van der Waals surface area contributed by atoms with Gasteiger partial charge in [-0.15, -0.1) is 5.10 Å². The molecule has 0 amide bonds. The first-order valence-corrected chi connectivity index (χ1v) is 8.44. The minimum atomic E-state index is -0.274. The Morgan fingerprint density at radius 2 is 2.05 bits per heavy atom. The van der Waals surface area contributed by atoms with Crippen LogP contribution in [0.5, 0.6) is 0 Å². The molecule has 0 aromatic carbocycles. The van der Waals surface area contributed by atoms with Gasteiger partial charge in [0.15, 0.2) is 19.5 Å². The lowest BCUT2D eigenvalue weighted by molar-refractivity contribution is 0.375. The predicted molar refractivity (Wildman–Crippen MR) is 88.1 cm³/mol. The van der Waals surface area contributed by atoms with Gasteiger partial charge in [0.2, 0.25) is 5.13 Å². The summed E-state index contributed by atoms with van der Waals surface area (Å²) in [4.78, 5) is 7.46. The second kappa shape index (κ2) is 5.50. The zero-order valence-corrected chi connectivity index (χ0v) is 13.2.